The molecule has 130 valence electrons. The molecule has 2 rings (SSSR count). The van der Waals surface area contributed by atoms with E-state index in [4.69, 9.17) is 9.47 Å². The van der Waals surface area contributed by atoms with Crippen molar-refractivity contribution in [3.05, 3.63) is 18.2 Å². The summed E-state index contributed by atoms with van der Waals surface area (Å²) in [6.45, 7) is 7.61. The van der Waals surface area contributed by atoms with E-state index < -0.39 is 5.60 Å². The number of aromatic nitrogens is 2. The second kappa shape index (κ2) is 8.34. The molecule has 1 saturated carbocycles. The van der Waals surface area contributed by atoms with Crippen LogP contribution in [0.1, 0.15) is 52.1 Å². The molecule has 0 aliphatic heterocycles. The number of nitrogens with zero attached hydrogens (tertiary/aromatic N) is 2. The minimum Gasteiger partial charge on any atom is -0.444 e. The molecule has 1 aliphatic rings. The van der Waals surface area contributed by atoms with Gasteiger partial charge in [0.1, 0.15) is 5.60 Å². The Labute approximate surface area is 138 Å². The Kier molecular flexibility index (Phi) is 6.45. The summed E-state index contributed by atoms with van der Waals surface area (Å²) in [6, 6.07) is 0. The topological polar surface area (TPSA) is 65.4 Å². The Balaban J connectivity index is 1.67. The van der Waals surface area contributed by atoms with E-state index in [0.29, 0.717) is 19.3 Å². The first-order valence-electron chi connectivity index (χ1n) is 8.51. The molecule has 0 aromatic carbocycles. The minimum atomic E-state index is -0.469. The SMILES string of the molecule is CC(C)(C)OC(=O)NCCc1cncn1CCOC1CCCC1. The molecule has 1 aromatic heterocycles. The lowest BCUT2D eigenvalue weighted by molar-refractivity contribution is 0.0516. The maximum absolute atomic E-state index is 11.6. The summed E-state index contributed by atoms with van der Waals surface area (Å²) >= 11 is 0. The highest BCUT2D eigenvalue weighted by atomic mass is 16.6. The third-order valence-corrected chi connectivity index (χ3v) is 3.84. The van der Waals surface area contributed by atoms with Gasteiger partial charge in [-0.3, -0.25) is 0 Å². The van der Waals surface area contributed by atoms with Crippen molar-refractivity contribution in [2.75, 3.05) is 13.2 Å². The highest BCUT2D eigenvalue weighted by molar-refractivity contribution is 5.67. The van der Waals surface area contributed by atoms with Crippen molar-refractivity contribution in [1.82, 2.24) is 14.9 Å². The average Bonchev–Trinajstić information content (AvgIpc) is 3.09. The second-order valence-electron chi connectivity index (χ2n) is 7.03. The van der Waals surface area contributed by atoms with Gasteiger partial charge in [-0.05, 0) is 33.6 Å². The zero-order valence-corrected chi connectivity index (χ0v) is 14.5. The van der Waals surface area contributed by atoms with Crippen LogP contribution in [0, 0.1) is 0 Å². The van der Waals surface area contributed by atoms with E-state index in [-0.39, 0.29) is 6.09 Å². The molecule has 6 nitrogen and oxygen atoms in total. The molecule has 1 heterocycles. The Bertz CT molecular complexity index is 488. The van der Waals surface area contributed by atoms with E-state index in [1.54, 1.807) is 0 Å². The van der Waals surface area contributed by atoms with E-state index in [2.05, 4.69) is 14.9 Å². The van der Waals surface area contributed by atoms with Crippen molar-refractivity contribution in [3.63, 3.8) is 0 Å². The molecule has 6 heteroatoms. The van der Waals surface area contributed by atoms with E-state index in [0.717, 1.165) is 18.7 Å². The number of hydrogen-bond acceptors (Lipinski definition) is 4. The molecule has 0 saturated heterocycles. The molecule has 1 N–H and O–H groups in total. The predicted octanol–water partition coefficient (Wildman–Crippen LogP) is 2.91. The number of ether oxygens (including phenoxy) is 2. The molecule has 0 spiro atoms. The number of amides is 1. The largest absolute Gasteiger partial charge is 0.444 e. The number of alkyl carbamates (subject to hydrolysis) is 1. The molecule has 23 heavy (non-hydrogen) atoms. The molecule has 1 fully saturated rings. The van der Waals surface area contributed by atoms with Crippen LogP contribution in [0.4, 0.5) is 4.79 Å². The van der Waals surface area contributed by atoms with Crippen LogP contribution in [0.5, 0.6) is 0 Å². The van der Waals surface area contributed by atoms with Crippen molar-refractivity contribution >= 4 is 6.09 Å². The van der Waals surface area contributed by atoms with Crippen LogP contribution in [0.2, 0.25) is 0 Å². The molecular formula is C17H29N3O3. The van der Waals surface area contributed by atoms with Crippen molar-refractivity contribution in [2.24, 2.45) is 0 Å². The fraction of sp³-hybridized carbons (Fsp3) is 0.765. The first-order chi connectivity index (χ1) is 10.9. The molecule has 1 aromatic rings. The summed E-state index contributed by atoms with van der Waals surface area (Å²) in [4.78, 5) is 15.8. The van der Waals surface area contributed by atoms with Gasteiger partial charge in [-0.2, -0.15) is 0 Å². The van der Waals surface area contributed by atoms with Crippen molar-refractivity contribution < 1.29 is 14.3 Å². The number of rotatable bonds is 7. The Morgan fingerprint density at radius 2 is 2.13 bits per heavy atom. The zero-order valence-electron chi connectivity index (χ0n) is 14.5. The molecular weight excluding hydrogens is 294 g/mol. The number of imidazole rings is 1. The Morgan fingerprint density at radius 1 is 1.39 bits per heavy atom. The van der Waals surface area contributed by atoms with Gasteiger partial charge in [0.25, 0.3) is 0 Å². The quantitative estimate of drug-likeness (QED) is 0.838. The third-order valence-electron chi connectivity index (χ3n) is 3.84. The van der Waals surface area contributed by atoms with E-state index in [9.17, 15) is 4.79 Å². The van der Waals surface area contributed by atoms with Gasteiger partial charge < -0.3 is 19.4 Å². The minimum absolute atomic E-state index is 0.381. The van der Waals surface area contributed by atoms with Crippen LogP contribution < -0.4 is 5.32 Å². The maximum Gasteiger partial charge on any atom is 0.407 e. The van der Waals surface area contributed by atoms with E-state index in [1.165, 1.54) is 25.7 Å². The van der Waals surface area contributed by atoms with Crippen LogP contribution in [0.25, 0.3) is 0 Å². The Morgan fingerprint density at radius 3 is 2.83 bits per heavy atom. The maximum atomic E-state index is 11.6. The average molecular weight is 323 g/mol. The summed E-state index contributed by atoms with van der Waals surface area (Å²) in [5.41, 5.74) is 0.625. The zero-order chi connectivity index (χ0) is 16.7. The van der Waals surface area contributed by atoms with Crippen molar-refractivity contribution in [2.45, 2.75) is 71.1 Å². The van der Waals surface area contributed by atoms with Gasteiger partial charge in [-0.25, -0.2) is 9.78 Å². The molecule has 0 radical (unpaired) electrons. The van der Waals surface area contributed by atoms with Crippen LogP contribution in [0.15, 0.2) is 12.5 Å². The van der Waals surface area contributed by atoms with Gasteiger partial charge in [0.15, 0.2) is 0 Å². The fourth-order valence-electron chi connectivity index (χ4n) is 2.74. The number of carbonyl (C=O) groups excluding carboxylic acids is 1. The molecule has 1 amide bonds. The molecule has 1 aliphatic carbocycles. The summed E-state index contributed by atoms with van der Waals surface area (Å²) in [5.74, 6) is 0. The number of nitrogens with one attached hydrogen (secondary N) is 1. The highest BCUT2D eigenvalue weighted by Gasteiger charge is 2.16. The van der Waals surface area contributed by atoms with Gasteiger partial charge in [0.05, 0.1) is 19.0 Å². The Hall–Kier alpha value is -1.56. The standard InChI is InChI=1S/C17H29N3O3/c1-17(2,3)23-16(21)19-9-8-14-12-18-13-20(14)10-11-22-15-6-4-5-7-15/h12-13,15H,4-11H2,1-3H3,(H,19,21). The lowest BCUT2D eigenvalue weighted by Gasteiger charge is -2.19. The normalized spacial score (nSPS) is 15.8. The molecule has 0 unspecified atom stereocenters. The first kappa shape index (κ1) is 17.8. The smallest absolute Gasteiger partial charge is 0.407 e. The van der Waals surface area contributed by atoms with E-state index >= 15 is 0 Å². The lowest BCUT2D eigenvalue weighted by Crippen LogP contribution is -2.33. The van der Waals surface area contributed by atoms with Crippen LogP contribution in [0.3, 0.4) is 0 Å². The number of hydrogen-bond donors (Lipinski definition) is 1. The van der Waals surface area contributed by atoms with Crippen molar-refractivity contribution in [1.29, 1.82) is 0 Å². The van der Waals surface area contributed by atoms with Crippen molar-refractivity contribution in [3.8, 4) is 0 Å². The van der Waals surface area contributed by atoms with Crippen LogP contribution >= 0.6 is 0 Å². The fourth-order valence-corrected chi connectivity index (χ4v) is 2.74. The predicted molar refractivity (Wildman–Crippen MR) is 88.4 cm³/mol. The molecule has 0 bridgehead atoms. The second-order valence-corrected chi connectivity index (χ2v) is 7.03. The summed E-state index contributed by atoms with van der Waals surface area (Å²) in [7, 11) is 0. The first-order valence-corrected chi connectivity index (χ1v) is 8.51. The van der Waals surface area contributed by atoms with Gasteiger partial charge in [-0.1, -0.05) is 12.8 Å². The summed E-state index contributed by atoms with van der Waals surface area (Å²) in [5, 5.41) is 2.77. The lowest BCUT2D eigenvalue weighted by atomic mass is 10.2. The van der Waals surface area contributed by atoms with Gasteiger partial charge >= 0.3 is 6.09 Å². The van der Waals surface area contributed by atoms with Gasteiger partial charge in [-0.15, -0.1) is 0 Å². The number of carbonyl (C=O) groups is 1. The molecule has 0 atom stereocenters. The van der Waals surface area contributed by atoms with Crippen LogP contribution in [-0.2, 0) is 22.4 Å². The van der Waals surface area contributed by atoms with Gasteiger partial charge in [0, 0.05) is 31.4 Å². The summed E-state index contributed by atoms with van der Waals surface area (Å²) < 4.78 is 13.2. The third kappa shape index (κ3) is 6.60. The van der Waals surface area contributed by atoms with Crippen LogP contribution in [-0.4, -0.2) is 40.5 Å². The van der Waals surface area contributed by atoms with E-state index in [1.807, 2.05) is 33.3 Å². The highest BCUT2D eigenvalue weighted by Crippen LogP contribution is 2.20. The van der Waals surface area contributed by atoms with Gasteiger partial charge in [0.2, 0.25) is 0 Å². The monoisotopic (exact) mass is 323 g/mol. The summed E-state index contributed by atoms with van der Waals surface area (Å²) in [6.07, 6.45) is 9.40.